The molecular formula is C21H13BClN2O. The van der Waals surface area contributed by atoms with Crippen LogP contribution in [0.2, 0.25) is 0 Å². The van der Waals surface area contributed by atoms with E-state index in [0.717, 1.165) is 45.1 Å². The molecule has 0 aliphatic carbocycles. The zero-order valence-corrected chi connectivity index (χ0v) is 14.5. The highest BCUT2D eigenvalue weighted by molar-refractivity contribution is 6.71. The number of aromatic nitrogens is 1. The van der Waals surface area contributed by atoms with Crippen LogP contribution < -0.4 is 15.7 Å². The fourth-order valence-corrected chi connectivity index (χ4v) is 3.45. The number of rotatable bonds is 2. The number of H-pyrrole nitrogens is 1. The first-order valence-electron chi connectivity index (χ1n) is 8.34. The lowest BCUT2D eigenvalue weighted by Crippen LogP contribution is -2.34. The molecule has 0 fully saturated rings. The molecule has 3 heterocycles. The van der Waals surface area contributed by atoms with E-state index < -0.39 is 0 Å². The smallest absolute Gasteiger partial charge is 0.202 e. The lowest BCUT2D eigenvalue weighted by molar-refractivity contribution is 0.488. The summed E-state index contributed by atoms with van der Waals surface area (Å²) in [5.74, 6) is 1.73. The number of nitrogens with one attached hydrogen (secondary N) is 1. The molecule has 2 aliphatic rings. The van der Waals surface area contributed by atoms with Crippen molar-refractivity contribution in [2.75, 3.05) is 0 Å². The number of aliphatic imine (C=N–C) groups is 1. The average Bonchev–Trinajstić information content (AvgIpc) is 3.37. The fourth-order valence-electron chi connectivity index (χ4n) is 3.23. The average molecular weight is 356 g/mol. The Morgan fingerprint density at radius 1 is 1.00 bits per heavy atom. The molecule has 1 radical (unpaired) electrons. The van der Waals surface area contributed by atoms with Crippen molar-refractivity contribution in [3.63, 3.8) is 0 Å². The molecule has 1 aromatic heterocycles. The van der Waals surface area contributed by atoms with Crippen LogP contribution in [0.15, 0.2) is 77.4 Å². The van der Waals surface area contributed by atoms with Gasteiger partial charge in [0.15, 0.2) is 0 Å². The van der Waals surface area contributed by atoms with Gasteiger partial charge >= 0.3 is 0 Å². The summed E-state index contributed by atoms with van der Waals surface area (Å²) in [5, 5.41) is 0.608. The molecule has 0 atom stereocenters. The standard InChI is InChI=1S/C21H13BClN2O/c23-21(16-7-4-12-24-16)17-11-10-15(25-17)13-5-3-9-19-20(13)22-14-6-1-2-8-18(14)26-19/h1-12,25H. The number of nitrogens with zero attached hydrogens (tertiary/aromatic N) is 1. The molecule has 0 saturated carbocycles. The van der Waals surface area contributed by atoms with E-state index in [-0.39, 0.29) is 0 Å². The van der Waals surface area contributed by atoms with Crippen LogP contribution >= 0.6 is 11.6 Å². The second-order valence-electron chi connectivity index (χ2n) is 6.12. The molecule has 5 heteroatoms. The zero-order valence-electron chi connectivity index (χ0n) is 13.7. The van der Waals surface area contributed by atoms with Crippen molar-refractivity contribution in [3.8, 4) is 22.8 Å². The Balaban J connectivity index is 1.56. The third-order valence-electron chi connectivity index (χ3n) is 4.50. The summed E-state index contributed by atoms with van der Waals surface area (Å²) < 4.78 is 6.07. The lowest BCUT2D eigenvalue weighted by atomic mass is 9.60. The minimum Gasteiger partial charge on any atom is -0.459 e. The highest BCUT2D eigenvalue weighted by atomic mass is 35.5. The predicted molar refractivity (Wildman–Crippen MR) is 108 cm³/mol. The molecule has 123 valence electrons. The van der Waals surface area contributed by atoms with Gasteiger partial charge in [-0.05, 0) is 52.9 Å². The molecule has 2 aliphatic heterocycles. The van der Waals surface area contributed by atoms with Crippen LogP contribution in [0.4, 0.5) is 0 Å². The van der Waals surface area contributed by atoms with Crippen molar-refractivity contribution in [2.45, 2.75) is 0 Å². The number of ether oxygens (including phenoxy) is 1. The van der Waals surface area contributed by atoms with E-state index in [1.165, 1.54) is 0 Å². The van der Waals surface area contributed by atoms with Gasteiger partial charge in [0.1, 0.15) is 11.5 Å². The SMILES string of the molecule is ClC(=C1C=CC=N1)c1ccc(-c2cccc3c2[B]c2ccccc2O3)[nH]1. The maximum absolute atomic E-state index is 6.47. The molecule has 5 rings (SSSR count). The molecule has 1 N–H and O–H groups in total. The van der Waals surface area contributed by atoms with Gasteiger partial charge in [-0.15, -0.1) is 0 Å². The Morgan fingerprint density at radius 3 is 2.77 bits per heavy atom. The summed E-state index contributed by atoms with van der Waals surface area (Å²) in [7, 11) is 2.16. The first-order valence-corrected chi connectivity index (χ1v) is 8.72. The van der Waals surface area contributed by atoms with E-state index in [4.69, 9.17) is 16.3 Å². The van der Waals surface area contributed by atoms with Gasteiger partial charge in [0.05, 0.1) is 16.4 Å². The van der Waals surface area contributed by atoms with E-state index in [9.17, 15) is 0 Å². The quantitative estimate of drug-likeness (QED) is 0.542. The summed E-state index contributed by atoms with van der Waals surface area (Å²) in [5.41, 5.74) is 5.80. The highest BCUT2D eigenvalue weighted by Gasteiger charge is 2.21. The molecule has 26 heavy (non-hydrogen) atoms. The third kappa shape index (κ3) is 2.50. The molecule has 0 unspecified atom stereocenters. The number of benzene rings is 2. The molecule has 0 bridgehead atoms. The summed E-state index contributed by atoms with van der Waals surface area (Å²) >= 11 is 6.47. The van der Waals surface area contributed by atoms with Crippen molar-refractivity contribution in [3.05, 3.63) is 78.1 Å². The summed E-state index contributed by atoms with van der Waals surface area (Å²) in [6.45, 7) is 0. The number of hydrogen-bond acceptors (Lipinski definition) is 2. The first-order chi connectivity index (χ1) is 12.8. The monoisotopic (exact) mass is 355 g/mol. The molecule has 0 amide bonds. The van der Waals surface area contributed by atoms with Crippen molar-refractivity contribution in [1.82, 2.24) is 4.98 Å². The number of aromatic amines is 1. The van der Waals surface area contributed by atoms with Gasteiger partial charge in [-0.1, -0.05) is 41.9 Å². The maximum atomic E-state index is 6.47. The zero-order chi connectivity index (χ0) is 17.5. The summed E-state index contributed by atoms with van der Waals surface area (Å²) in [6.07, 6.45) is 5.50. The second kappa shape index (κ2) is 6.08. The number of para-hydroxylation sites is 1. The highest BCUT2D eigenvalue weighted by Crippen LogP contribution is 2.30. The van der Waals surface area contributed by atoms with Crippen molar-refractivity contribution in [2.24, 2.45) is 4.99 Å². The van der Waals surface area contributed by atoms with Gasteiger partial charge in [0.2, 0.25) is 7.28 Å². The van der Waals surface area contributed by atoms with Crippen LogP contribution in [0.25, 0.3) is 16.3 Å². The fraction of sp³-hybridized carbons (Fsp3) is 0. The van der Waals surface area contributed by atoms with Gasteiger partial charge < -0.3 is 9.72 Å². The molecule has 3 aromatic rings. The summed E-state index contributed by atoms with van der Waals surface area (Å²) in [4.78, 5) is 7.66. The number of fused-ring (bicyclic) bond motifs is 2. The van der Waals surface area contributed by atoms with Gasteiger partial charge in [-0.25, -0.2) is 0 Å². The normalized spacial score (nSPS) is 15.9. The van der Waals surface area contributed by atoms with E-state index in [2.05, 4.69) is 29.4 Å². The molecule has 0 saturated heterocycles. The minimum atomic E-state index is 0.608. The topological polar surface area (TPSA) is 37.4 Å². The Morgan fingerprint density at radius 2 is 1.88 bits per heavy atom. The number of halogens is 1. The Kier molecular flexibility index (Phi) is 3.57. The van der Waals surface area contributed by atoms with Crippen LogP contribution in [-0.2, 0) is 0 Å². The predicted octanol–water partition coefficient (Wildman–Crippen LogP) is 3.99. The van der Waals surface area contributed by atoms with Crippen LogP contribution in [0, 0.1) is 0 Å². The van der Waals surface area contributed by atoms with E-state index in [1.54, 1.807) is 6.21 Å². The van der Waals surface area contributed by atoms with Gasteiger partial charge in [-0.3, -0.25) is 4.99 Å². The van der Waals surface area contributed by atoms with E-state index in [0.29, 0.717) is 5.03 Å². The third-order valence-corrected chi connectivity index (χ3v) is 4.89. The Bertz CT molecular complexity index is 1100. The van der Waals surface area contributed by atoms with Crippen LogP contribution in [0.5, 0.6) is 11.5 Å². The largest absolute Gasteiger partial charge is 0.459 e. The summed E-state index contributed by atoms with van der Waals surface area (Å²) in [6, 6.07) is 18.1. The number of allylic oxidation sites excluding steroid dienone is 2. The number of hydrogen-bond donors (Lipinski definition) is 1. The van der Waals surface area contributed by atoms with Gasteiger partial charge in [0.25, 0.3) is 0 Å². The van der Waals surface area contributed by atoms with Gasteiger partial charge in [0, 0.05) is 11.9 Å². The Labute approximate surface area is 156 Å². The maximum Gasteiger partial charge on any atom is 0.202 e. The molecular weight excluding hydrogens is 343 g/mol. The van der Waals surface area contributed by atoms with Crippen molar-refractivity contribution in [1.29, 1.82) is 0 Å². The molecule has 0 spiro atoms. The van der Waals surface area contributed by atoms with Crippen LogP contribution in [-0.4, -0.2) is 18.5 Å². The Hall–Kier alpha value is -2.98. The first kappa shape index (κ1) is 15.3. The van der Waals surface area contributed by atoms with Gasteiger partial charge in [-0.2, -0.15) is 0 Å². The second-order valence-corrected chi connectivity index (χ2v) is 6.50. The van der Waals surface area contributed by atoms with Crippen LogP contribution in [0.1, 0.15) is 5.69 Å². The minimum absolute atomic E-state index is 0.608. The molecule has 2 aromatic carbocycles. The van der Waals surface area contributed by atoms with Crippen molar-refractivity contribution >= 4 is 41.1 Å². The lowest BCUT2D eigenvalue weighted by Gasteiger charge is -2.21. The van der Waals surface area contributed by atoms with Crippen molar-refractivity contribution < 1.29 is 4.74 Å². The molecule has 3 nitrogen and oxygen atoms in total. The van der Waals surface area contributed by atoms with E-state index >= 15 is 0 Å². The van der Waals surface area contributed by atoms with Crippen LogP contribution in [0.3, 0.4) is 0 Å². The van der Waals surface area contributed by atoms with E-state index in [1.807, 2.05) is 54.6 Å².